The van der Waals surface area contributed by atoms with E-state index in [0.717, 1.165) is 0 Å². The van der Waals surface area contributed by atoms with Crippen LogP contribution in [0.25, 0.3) is 0 Å². The van der Waals surface area contributed by atoms with Gasteiger partial charge in [0.2, 0.25) is 5.82 Å². The third-order valence-electron chi connectivity index (χ3n) is 3.71. The Morgan fingerprint density at radius 2 is 1.69 bits per heavy atom. The third kappa shape index (κ3) is 7.35. The molecule has 9 heteroatoms. The lowest BCUT2D eigenvalue weighted by Gasteiger charge is -2.27. The maximum Gasteiger partial charge on any atom is 0.264 e. The van der Waals surface area contributed by atoms with Crippen molar-refractivity contribution in [3.8, 4) is 11.5 Å². The Labute approximate surface area is 154 Å². The lowest BCUT2D eigenvalue weighted by molar-refractivity contribution is 0.169. The summed E-state index contributed by atoms with van der Waals surface area (Å²) in [5, 5.41) is 10.2. The monoisotopic (exact) mass is 393 g/mol. The van der Waals surface area contributed by atoms with Crippen molar-refractivity contribution in [1.29, 1.82) is 0 Å². The van der Waals surface area contributed by atoms with Crippen LogP contribution < -0.4 is 14.4 Å². The second-order valence-corrected chi connectivity index (χ2v) is 7.31. The Hall–Kier alpha value is -1.58. The molecule has 0 saturated carbocycles. The van der Waals surface area contributed by atoms with Gasteiger partial charge in [0.25, 0.3) is 10.1 Å². The average molecular weight is 393 g/mol. The van der Waals surface area contributed by atoms with Crippen molar-refractivity contribution in [1.82, 2.24) is 0 Å². The van der Waals surface area contributed by atoms with Crippen molar-refractivity contribution in [2.24, 2.45) is 0 Å². The van der Waals surface area contributed by atoms with Gasteiger partial charge in [-0.25, -0.2) is 0 Å². The van der Waals surface area contributed by atoms with Crippen LogP contribution in [0.1, 0.15) is 33.6 Å². The van der Waals surface area contributed by atoms with Crippen LogP contribution in [0, 0.1) is 5.82 Å². The maximum atomic E-state index is 14.3. The molecule has 0 heterocycles. The lowest BCUT2D eigenvalue weighted by atomic mass is 10.1. The van der Waals surface area contributed by atoms with Crippen LogP contribution in [-0.2, 0) is 10.1 Å². The molecule has 1 aromatic rings. The predicted molar refractivity (Wildman–Crippen MR) is 98.3 cm³/mol. The summed E-state index contributed by atoms with van der Waals surface area (Å²) in [4.78, 5) is 1.82. The molecule has 1 atom stereocenters. The highest BCUT2D eigenvalue weighted by Gasteiger charge is 2.18. The molecule has 1 rings (SSSR count). The second kappa shape index (κ2) is 10.5. The number of nitrogens with zero attached hydrogens (tertiary/aromatic N) is 1. The normalized spacial score (nSPS) is 12.7. The van der Waals surface area contributed by atoms with Gasteiger partial charge in [0.15, 0.2) is 11.5 Å². The number of rotatable bonds is 12. The van der Waals surface area contributed by atoms with Gasteiger partial charge in [-0.1, -0.05) is 0 Å². The molecule has 1 aromatic carbocycles. The number of aliphatic hydroxyl groups excluding tert-OH is 1. The summed E-state index contributed by atoms with van der Waals surface area (Å²) in [6.45, 7) is 6.76. The molecule has 0 spiro atoms. The van der Waals surface area contributed by atoms with Crippen LogP contribution in [0.4, 0.5) is 10.1 Å². The van der Waals surface area contributed by atoms with E-state index in [1.165, 1.54) is 0 Å². The first-order chi connectivity index (χ1) is 12.2. The summed E-state index contributed by atoms with van der Waals surface area (Å²) < 4.78 is 55.2. The Morgan fingerprint density at radius 3 is 2.12 bits per heavy atom. The lowest BCUT2D eigenvalue weighted by Crippen LogP contribution is -2.32. The number of hydrogen-bond donors (Lipinski definition) is 2. The van der Waals surface area contributed by atoms with Gasteiger partial charge in [-0.15, -0.1) is 0 Å². The van der Waals surface area contributed by atoms with Gasteiger partial charge in [-0.05, 0) is 33.6 Å². The maximum absolute atomic E-state index is 14.3. The van der Waals surface area contributed by atoms with E-state index in [4.69, 9.17) is 14.0 Å². The molecule has 2 N–H and O–H groups in total. The summed E-state index contributed by atoms with van der Waals surface area (Å²) in [6.07, 6.45) is -0.434. The molecule has 150 valence electrons. The molecule has 26 heavy (non-hydrogen) atoms. The van der Waals surface area contributed by atoms with E-state index in [-0.39, 0.29) is 30.9 Å². The Balaban J connectivity index is 2.90. The zero-order chi connectivity index (χ0) is 19.7. The van der Waals surface area contributed by atoms with E-state index in [1.54, 1.807) is 26.0 Å². The summed E-state index contributed by atoms with van der Waals surface area (Å²) in [5.74, 6) is -0.807. The highest BCUT2D eigenvalue weighted by Crippen LogP contribution is 2.33. The van der Waals surface area contributed by atoms with E-state index >= 15 is 0 Å². The van der Waals surface area contributed by atoms with Gasteiger partial charge >= 0.3 is 0 Å². The van der Waals surface area contributed by atoms with E-state index < -0.39 is 27.8 Å². The van der Waals surface area contributed by atoms with Crippen LogP contribution in [0.3, 0.4) is 0 Å². The first-order valence-electron chi connectivity index (χ1n) is 8.69. The summed E-state index contributed by atoms with van der Waals surface area (Å²) in [5.41, 5.74) is 0.634. The van der Waals surface area contributed by atoms with E-state index in [9.17, 15) is 17.9 Å². The summed E-state index contributed by atoms with van der Waals surface area (Å²) in [7, 11) is -4.03. The molecule has 7 nitrogen and oxygen atoms in total. The second-order valence-electron chi connectivity index (χ2n) is 5.74. The third-order valence-corrected chi connectivity index (χ3v) is 4.51. The Bertz CT molecular complexity index is 640. The number of anilines is 1. The molecule has 1 unspecified atom stereocenters. The average Bonchev–Trinajstić information content (AvgIpc) is 2.55. The fourth-order valence-electron chi connectivity index (χ4n) is 2.53. The highest BCUT2D eigenvalue weighted by atomic mass is 32.2. The van der Waals surface area contributed by atoms with Gasteiger partial charge < -0.3 is 19.5 Å². The van der Waals surface area contributed by atoms with Crippen molar-refractivity contribution in [3.63, 3.8) is 0 Å². The van der Waals surface area contributed by atoms with Gasteiger partial charge in [0.1, 0.15) is 0 Å². The number of halogens is 1. The minimum absolute atomic E-state index is 0.0766. The summed E-state index contributed by atoms with van der Waals surface area (Å²) in [6, 6.07) is 3.10. The number of hydrogen-bond acceptors (Lipinski definition) is 6. The molecule has 0 aliphatic rings. The fraction of sp³-hybridized carbons (Fsp3) is 0.647. The minimum atomic E-state index is -4.03. The van der Waals surface area contributed by atoms with Crippen LogP contribution in [0.5, 0.6) is 11.5 Å². The fourth-order valence-corrected chi connectivity index (χ4v) is 3.06. The van der Waals surface area contributed by atoms with E-state index in [2.05, 4.69) is 0 Å². The zero-order valence-electron chi connectivity index (χ0n) is 15.4. The standard InChI is InChI=1S/C17H28FNO6S/c1-4-19(12-14(20)8-7-9-26(21,22)23)13-10-15(24-5-2)17(18)16(11-13)25-6-3/h10-11,14,20H,4-9,12H2,1-3H3,(H,21,22,23). The van der Waals surface area contributed by atoms with Gasteiger partial charge in [0.05, 0.1) is 25.1 Å². The molecule has 0 saturated heterocycles. The van der Waals surface area contributed by atoms with E-state index in [1.807, 2.05) is 11.8 Å². The molecule has 0 amide bonds. The van der Waals surface area contributed by atoms with E-state index in [0.29, 0.717) is 25.4 Å². The van der Waals surface area contributed by atoms with Gasteiger partial charge in [-0.2, -0.15) is 12.8 Å². The number of likely N-dealkylation sites (N-methyl/N-ethyl adjacent to an activating group) is 1. The van der Waals surface area contributed by atoms with Crippen LogP contribution >= 0.6 is 0 Å². The quantitative estimate of drug-likeness (QED) is 0.527. The molecule has 0 aliphatic carbocycles. The minimum Gasteiger partial charge on any atom is -0.491 e. The molecule has 0 fully saturated rings. The number of ether oxygens (including phenoxy) is 2. The van der Waals surface area contributed by atoms with Gasteiger partial charge in [-0.3, -0.25) is 4.55 Å². The van der Waals surface area contributed by atoms with Crippen LogP contribution in [-0.4, -0.2) is 56.2 Å². The van der Waals surface area contributed by atoms with Crippen molar-refractivity contribution < 1.29 is 31.9 Å². The zero-order valence-corrected chi connectivity index (χ0v) is 16.3. The molecule has 0 aliphatic heterocycles. The van der Waals surface area contributed by atoms with Crippen LogP contribution in [0.2, 0.25) is 0 Å². The molecular formula is C17H28FNO6S. The van der Waals surface area contributed by atoms with Crippen molar-refractivity contribution in [2.75, 3.05) is 37.0 Å². The predicted octanol–water partition coefficient (Wildman–Crippen LogP) is 2.48. The van der Waals surface area contributed by atoms with Gasteiger partial charge in [0, 0.05) is 30.9 Å². The van der Waals surface area contributed by atoms with Crippen molar-refractivity contribution in [3.05, 3.63) is 17.9 Å². The number of aliphatic hydroxyl groups is 1. The molecule has 0 aromatic heterocycles. The molecular weight excluding hydrogens is 365 g/mol. The van der Waals surface area contributed by atoms with Crippen molar-refractivity contribution >= 4 is 15.8 Å². The Morgan fingerprint density at radius 1 is 1.15 bits per heavy atom. The summed E-state index contributed by atoms with van der Waals surface area (Å²) >= 11 is 0. The largest absolute Gasteiger partial charge is 0.491 e. The Kier molecular flexibility index (Phi) is 9.11. The van der Waals surface area contributed by atoms with Crippen molar-refractivity contribution in [2.45, 2.75) is 39.7 Å². The molecule has 0 radical (unpaired) electrons. The first-order valence-corrected chi connectivity index (χ1v) is 10.3. The molecule has 0 bridgehead atoms. The SMILES string of the molecule is CCOc1cc(N(CC)CC(O)CCCS(=O)(=O)O)cc(OCC)c1F. The topological polar surface area (TPSA) is 96.3 Å². The first kappa shape index (κ1) is 22.5. The number of benzene rings is 1. The van der Waals surface area contributed by atoms with Crippen LogP contribution in [0.15, 0.2) is 12.1 Å². The highest BCUT2D eigenvalue weighted by molar-refractivity contribution is 7.85. The smallest absolute Gasteiger partial charge is 0.264 e.